The van der Waals surface area contributed by atoms with Gasteiger partial charge < -0.3 is 16.0 Å². The topological polar surface area (TPSA) is 116 Å². The maximum absolute atomic E-state index is 13.1. The van der Waals surface area contributed by atoms with Crippen molar-refractivity contribution in [1.82, 2.24) is 9.97 Å². The van der Waals surface area contributed by atoms with E-state index in [9.17, 15) is 18.8 Å². The minimum absolute atomic E-state index is 0.00383. The molecular formula is C20H15ClFN5O3. The molecule has 30 heavy (non-hydrogen) atoms. The summed E-state index contributed by atoms with van der Waals surface area (Å²) in [6, 6.07) is 11.9. The lowest BCUT2D eigenvalue weighted by Gasteiger charge is -2.23. The van der Waals surface area contributed by atoms with Gasteiger partial charge in [-0.25, -0.2) is 4.39 Å². The van der Waals surface area contributed by atoms with E-state index in [0.29, 0.717) is 16.4 Å². The lowest BCUT2D eigenvalue weighted by atomic mass is 9.92. The number of nitrogens with zero attached hydrogens (tertiary/aromatic N) is 1. The average molecular weight is 428 g/mol. The fourth-order valence-electron chi connectivity index (χ4n) is 3.09. The zero-order valence-electron chi connectivity index (χ0n) is 15.3. The minimum Gasteiger partial charge on any atom is -0.326 e. The molecule has 3 aromatic rings. The van der Waals surface area contributed by atoms with Crippen LogP contribution in [0.3, 0.4) is 0 Å². The summed E-state index contributed by atoms with van der Waals surface area (Å²) in [6.45, 7) is 0. The highest BCUT2D eigenvalue weighted by atomic mass is 35.5. The van der Waals surface area contributed by atoms with Gasteiger partial charge in [-0.05, 0) is 48.5 Å². The fourth-order valence-corrected chi connectivity index (χ4v) is 3.21. The second kappa shape index (κ2) is 7.96. The Balaban J connectivity index is 1.62. The SMILES string of the molecule is O=C1CC(C(=O)Nc2ccc(Cl)cc2)c2c(nc(Nc3ccc(F)cc3)[nH]c2=O)N1. The Morgan fingerprint density at radius 1 is 1.07 bits per heavy atom. The summed E-state index contributed by atoms with van der Waals surface area (Å²) in [5.74, 6) is -2.33. The number of hydrogen-bond donors (Lipinski definition) is 4. The van der Waals surface area contributed by atoms with Crippen LogP contribution in [-0.2, 0) is 9.59 Å². The Morgan fingerprint density at radius 2 is 1.73 bits per heavy atom. The van der Waals surface area contributed by atoms with Gasteiger partial charge in [0.25, 0.3) is 5.56 Å². The number of carbonyl (C=O) groups excluding carboxylic acids is 2. The standard InChI is InChI=1S/C20H15ClFN5O3/c21-10-1-5-12(6-2-10)23-18(29)14-9-15(28)25-17-16(14)19(30)27-20(26-17)24-13-7-3-11(22)4-8-13/h1-8,14H,9H2,(H,23,29)(H3,24,25,26,27,28,30). The largest absolute Gasteiger partial charge is 0.326 e. The van der Waals surface area contributed by atoms with Gasteiger partial charge in [-0.1, -0.05) is 11.6 Å². The van der Waals surface area contributed by atoms with Crippen LogP contribution in [0.25, 0.3) is 0 Å². The molecule has 8 nitrogen and oxygen atoms in total. The highest BCUT2D eigenvalue weighted by Crippen LogP contribution is 2.30. The van der Waals surface area contributed by atoms with E-state index in [1.165, 1.54) is 24.3 Å². The normalized spacial score (nSPS) is 15.1. The highest BCUT2D eigenvalue weighted by Gasteiger charge is 2.34. The number of rotatable bonds is 4. The van der Waals surface area contributed by atoms with Crippen LogP contribution in [0.15, 0.2) is 53.3 Å². The molecule has 0 radical (unpaired) electrons. The van der Waals surface area contributed by atoms with Crippen molar-refractivity contribution in [2.75, 3.05) is 16.0 Å². The van der Waals surface area contributed by atoms with Gasteiger partial charge in [-0.2, -0.15) is 4.98 Å². The number of amides is 2. The third kappa shape index (κ3) is 4.15. The maximum Gasteiger partial charge on any atom is 0.258 e. The number of carbonyl (C=O) groups is 2. The van der Waals surface area contributed by atoms with E-state index in [2.05, 4.69) is 25.9 Å². The predicted octanol–water partition coefficient (Wildman–Crippen LogP) is 3.37. The summed E-state index contributed by atoms with van der Waals surface area (Å²) in [5, 5.41) is 8.54. The zero-order valence-corrected chi connectivity index (χ0v) is 16.1. The van der Waals surface area contributed by atoms with Crippen LogP contribution in [0.5, 0.6) is 0 Å². The molecule has 4 N–H and O–H groups in total. The van der Waals surface area contributed by atoms with E-state index in [4.69, 9.17) is 11.6 Å². The van der Waals surface area contributed by atoms with Gasteiger partial charge >= 0.3 is 0 Å². The van der Waals surface area contributed by atoms with E-state index in [-0.39, 0.29) is 23.8 Å². The van der Waals surface area contributed by atoms with Gasteiger partial charge in [0.2, 0.25) is 17.8 Å². The van der Waals surface area contributed by atoms with E-state index in [1.807, 2.05) is 0 Å². The number of benzene rings is 2. The molecule has 2 aromatic carbocycles. The molecule has 1 unspecified atom stereocenters. The number of anilines is 4. The first-order chi connectivity index (χ1) is 14.4. The molecule has 1 atom stereocenters. The van der Waals surface area contributed by atoms with Crippen molar-refractivity contribution in [2.45, 2.75) is 12.3 Å². The molecule has 2 amide bonds. The van der Waals surface area contributed by atoms with Crippen molar-refractivity contribution in [3.05, 3.63) is 75.3 Å². The van der Waals surface area contributed by atoms with E-state index >= 15 is 0 Å². The second-order valence-electron chi connectivity index (χ2n) is 6.61. The molecular weight excluding hydrogens is 413 g/mol. The van der Waals surface area contributed by atoms with Crippen LogP contribution in [0.4, 0.5) is 27.5 Å². The number of aromatic amines is 1. The van der Waals surface area contributed by atoms with Gasteiger partial charge in [0, 0.05) is 22.8 Å². The minimum atomic E-state index is -1.01. The second-order valence-corrected chi connectivity index (χ2v) is 7.05. The van der Waals surface area contributed by atoms with Gasteiger partial charge in [-0.15, -0.1) is 0 Å². The van der Waals surface area contributed by atoms with Crippen molar-refractivity contribution in [3.8, 4) is 0 Å². The van der Waals surface area contributed by atoms with Crippen LogP contribution in [0.2, 0.25) is 5.02 Å². The van der Waals surface area contributed by atoms with Crippen molar-refractivity contribution in [1.29, 1.82) is 0 Å². The lowest BCUT2D eigenvalue weighted by molar-refractivity contribution is -0.123. The van der Waals surface area contributed by atoms with Gasteiger partial charge in [0.05, 0.1) is 11.5 Å². The first-order valence-electron chi connectivity index (χ1n) is 8.92. The van der Waals surface area contributed by atoms with Crippen molar-refractivity contribution < 1.29 is 14.0 Å². The molecule has 152 valence electrons. The molecule has 4 rings (SSSR count). The van der Waals surface area contributed by atoms with E-state index in [1.54, 1.807) is 24.3 Å². The van der Waals surface area contributed by atoms with Crippen molar-refractivity contribution in [2.24, 2.45) is 0 Å². The molecule has 0 aliphatic carbocycles. The summed E-state index contributed by atoms with van der Waals surface area (Å²) in [4.78, 5) is 44.4. The number of hydrogen-bond acceptors (Lipinski definition) is 5. The summed E-state index contributed by atoms with van der Waals surface area (Å²) >= 11 is 5.84. The van der Waals surface area contributed by atoms with Crippen LogP contribution >= 0.6 is 11.6 Å². The average Bonchev–Trinajstić information content (AvgIpc) is 2.70. The van der Waals surface area contributed by atoms with Crippen LogP contribution < -0.4 is 21.5 Å². The Bertz CT molecular complexity index is 1180. The Labute approximate surface area is 174 Å². The molecule has 0 bridgehead atoms. The molecule has 2 heterocycles. The Kier molecular flexibility index (Phi) is 5.20. The number of fused-ring (bicyclic) bond motifs is 1. The molecule has 0 fully saturated rings. The highest BCUT2D eigenvalue weighted by molar-refractivity contribution is 6.30. The maximum atomic E-state index is 13.1. The quantitative estimate of drug-likeness (QED) is 0.509. The van der Waals surface area contributed by atoms with Crippen LogP contribution in [-0.4, -0.2) is 21.8 Å². The number of halogens is 2. The van der Waals surface area contributed by atoms with Gasteiger partial charge in [0.15, 0.2) is 0 Å². The Morgan fingerprint density at radius 3 is 2.43 bits per heavy atom. The smallest absolute Gasteiger partial charge is 0.258 e. The predicted molar refractivity (Wildman–Crippen MR) is 111 cm³/mol. The summed E-state index contributed by atoms with van der Waals surface area (Å²) in [7, 11) is 0. The monoisotopic (exact) mass is 427 g/mol. The first kappa shape index (κ1) is 19.6. The van der Waals surface area contributed by atoms with Crippen molar-refractivity contribution >= 4 is 46.6 Å². The van der Waals surface area contributed by atoms with Crippen LogP contribution in [0, 0.1) is 5.82 Å². The molecule has 1 aromatic heterocycles. The zero-order chi connectivity index (χ0) is 21.3. The first-order valence-corrected chi connectivity index (χ1v) is 9.30. The molecule has 10 heteroatoms. The number of H-pyrrole nitrogens is 1. The summed E-state index contributed by atoms with van der Waals surface area (Å²) in [6.07, 6.45) is -0.193. The fraction of sp³-hybridized carbons (Fsp3) is 0.100. The summed E-state index contributed by atoms with van der Waals surface area (Å²) < 4.78 is 13.1. The molecule has 0 saturated carbocycles. The van der Waals surface area contributed by atoms with E-state index < -0.39 is 29.1 Å². The summed E-state index contributed by atoms with van der Waals surface area (Å²) in [5.41, 5.74) is 0.459. The Hall–Kier alpha value is -3.72. The molecule has 1 aliphatic rings. The van der Waals surface area contributed by atoms with Gasteiger partial charge in [-0.3, -0.25) is 19.4 Å². The number of aromatic nitrogens is 2. The third-order valence-electron chi connectivity index (χ3n) is 4.49. The number of nitrogens with one attached hydrogen (secondary N) is 4. The molecule has 0 saturated heterocycles. The third-order valence-corrected chi connectivity index (χ3v) is 4.74. The van der Waals surface area contributed by atoms with Crippen molar-refractivity contribution in [3.63, 3.8) is 0 Å². The lowest BCUT2D eigenvalue weighted by Crippen LogP contribution is -2.36. The van der Waals surface area contributed by atoms with Crippen LogP contribution in [0.1, 0.15) is 17.9 Å². The van der Waals surface area contributed by atoms with E-state index in [0.717, 1.165) is 0 Å². The van der Waals surface area contributed by atoms with Gasteiger partial charge in [0.1, 0.15) is 11.6 Å². The molecule has 1 aliphatic heterocycles. The molecule has 0 spiro atoms.